The zero-order valence-electron chi connectivity index (χ0n) is 14.4. The number of piperazine rings is 1. The van der Waals surface area contributed by atoms with E-state index in [0.29, 0.717) is 17.3 Å². The Balaban J connectivity index is 1.62. The van der Waals surface area contributed by atoms with Crippen LogP contribution in [0.5, 0.6) is 5.75 Å². The van der Waals surface area contributed by atoms with Gasteiger partial charge in [-0.15, -0.1) is 0 Å². The highest BCUT2D eigenvalue weighted by Gasteiger charge is 2.16. The van der Waals surface area contributed by atoms with Crippen LogP contribution in [0.1, 0.15) is 0 Å². The first-order valence-corrected chi connectivity index (χ1v) is 8.11. The molecule has 1 saturated heterocycles. The van der Waals surface area contributed by atoms with Crippen LogP contribution in [-0.2, 0) is 0 Å². The van der Waals surface area contributed by atoms with E-state index >= 15 is 0 Å². The number of aromatic nitrogens is 2. The molecule has 0 aliphatic carbocycles. The second-order valence-corrected chi connectivity index (χ2v) is 5.86. The van der Waals surface area contributed by atoms with Crippen LogP contribution in [0.3, 0.4) is 0 Å². The molecule has 1 aromatic heterocycles. The first-order valence-electron chi connectivity index (χ1n) is 8.11. The third-order valence-corrected chi connectivity index (χ3v) is 4.05. The first kappa shape index (κ1) is 17.0. The minimum atomic E-state index is -0.365. The lowest BCUT2D eigenvalue weighted by Crippen LogP contribution is -2.44. The number of benzene rings is 1. The Hall–Kier alpha value is -2.87. The topological polar surface area (TPSA) is 82.6 Å². The predicted molar refractivity (Wildman–Crippen MR) is 97.4 cm³/mol. The lowest BCUT2D eigenvalue weighted by atomic mass is 10.3. The molecule has 2 N–H and O–H groups in total. The highest BCUT2D eigenvalue weighted by Crippen LogP contribution is 2.18. The van der Waals surface area contributed by atoms with E-state index in [1.807, 2.05) is 12.1 Å². The summed E-state index contributed by atoms with van der Waals surface area (Å²) in [5.74, 6) is 1.96. The van der Waals surface area contributed by atoms with Crippen LogP contribution in [0.4, 0.5) is 22.1 Å². The number of likely N-dealkylation sites (N-methyl/N-ethyl adjacent to an activating group) is 1. The standard InChI is InChI=1S/C17H22N6O2/c1-22-6-8-23(9-7-22)16-11-15(18-12-19-16)21-17(24)20-13-4-3-5-14(10-13)25-2/h3-5,10-12H,6-9H2,1-2H3,(H2,18,19,20,21,24). The molecule has 0 unspecified atom stereocenters. The summed E-state index contributed by atoms with van der Waals surface area (Å²) in [7, 11) is 3.69. The summed E-state index contributed by atoms with van der Waals surface area (Å²) in [6.07, 6.45) is 1.47. The van der Waals surface area contributed by atoms with Gasteiger partial charge < -0.3 is 19.9 Å². The van der Waals surface area contributed by atoms with Crippen LogP contribution >= 0.6 is 0 Å². The molecule has 2 aromatic rings. The van der Waals surface area contributed by atoms with Gasteiger partial charge in [0.2, 0.25) is 0 Å². The Labute approximate surface area is 146 Å². The van der Waals surface area contributed by atoms with Crippen molar-refractivity contribution < 1.29 is 9.53 Å². The molecule has 0 atom stereocenters. The van der Waals surface area contributed by atoms with Gasteiger partial charge in [0.05, 0.1) is 7.11 Å². The van der Waals surface area contributed by atoms with Crippen LogP contribution in [0.2, 0.25) is 0 Å². The Morgan fingerprint density at radius 2 is 1.92 bits per heavy atom. The SMILES string of the molecule is COc1cccc(NC(=O)Nc2cc(N3CCN(C)CC3)ncn2)c1. The summed E-state index contributed by atoms with van der Waals surface area (Å²) in [4.78, 5) is 25.1. The molecule has 0 bridgehead atoms. The van der Waals surface area contributed by atoms with E-state index in [1.54, 1.807) is 25.3 Å². The zero-order valence-corrected chi connectivity index (χ0v) is 14.4. The van der Waals surface area contributed by atoms with E-state index < -0.39 is 0 Å². The fourth-order valence-electron chi connectivity index (χ4n) is 2.60. The van der Waals surface area contributed by atoms with E-state index in [-0.39, 0.29) is 6.03 Å². The van der Waals surface area contributed by atoms with Gasteiger partial charge >= 0.3 is 6.03 Å². The summed E-state index contributed by atoms with van der Waals surface area (Å²) < 4.78 is 5.14. The van der Waals surface area contributed by atoms with Gasteiger partial charge in [-0.05, 0) is 19.2 Å². The van der Waals surface area contributed by atoms with Crippen molar-refractivity contribution in [3.63, 3.8) is 0 Å². The number of nitrogens with one attached hydrogen (secondary N) is 2. The molecule has 8 heteroatoms. The first-order chi connectivity index (χ1) is 12.1. The van der Waals surface area contributed by atoms with Crippen LogP contribution < -0.4 is 20.3 Å². The Bertz CT molecular complexity index is 731. The maximum Gasteiger partial charge on any atom is 0.324 e. The summed E-state index contributed by atoms with van der Waals surface area (Å²) in [5.41, 5.74) is 0.644. The van der Waals surface area contributed by atoms with Gasteiger partial charge in [0, 0.05) is 44.0 Å². The van der Waals surface area contributed by atoms with Gasteiger partial charge in [-0.25, -0.2) is 14.8 Å². The number of carbonyl (C=O) groups excluding carboxylic acids is 1. The highest BCUT2D eigenvalue weighted by molar-refractivity contribution is 5.99. The molecule has 0 radical (unpaired) electrons. The molecule has 1 aromatic carbocycles. The molecule has 132 valence electrons. The predicted octanol–water partition coefficient (Wildman–Crippen LogP) is 1.88. The summed E-state index contributed by atoms with van der Waals surface area (Å²) in [5, 5.41) is 5.50. The summed E-state index contributed by atoms with van der Waals surface area (Å²) in [6.45, 7) is 3.79. The molecule has 1 aliphatic rings. The Kier molecular flexibility index (Phi) is 5.30. The van der Waals surface area contributed by atoms with Crippen molar-refractivity contribution in [2.75, 3.05) is 55.9 Å². The third kappa shape index (κ3) is 4.57. The Morgan fingerprint density at radius 1 is 1.12 bits per heavy atom. The lowest BCUT2D eigenvalue weighted by Gasteiger charge is -2.33. The van der Waals surface area contributed by atoms with Gasteiger partial charge in [-0.3, -0.25) is 5.32 Å². The molecular formula is C17H22N6O2. The van der Waals surface area contributed by atoms with Gasteiger partial charge in [-0.1, -0.05) is 6.07 Å². The number of ether oxygens (including phenoxy) is 1. The number of methoxy groups -OCH3 is 1. The number of rotatable bonds is 4. The largest absolute Gasteiger partial charge is 0.497 e. The molecule has 3 rings (SSSR count). The second kappa shape index (κ2) is 7.80. The highest BCUT2D eigenvalue weighted by atomic mass is 16.5. The van der Waals surface area contributed by atoms with Crippen molar-refractivity contribution in [1.82, 2.24) is 14.9 Å². The van der Waals surface area contributed by atoms with Gasteiger partial charge in [0.25, 0.3) is 0 Å². The Morgan fingerprint density at radius 3 is 2.68 bits per heavy atom. The van der Waals surface area contributed by atoms with Gasteiger partial charge in [-0.2, -0.15) is 0 Å². The molecule has 2 heterocycles. The molecule has 0 saturated carbocycles. The smallest absolute Gasteiger partial charge is 0.324 e. The van der Waals surface area contributed by atoms with Crippen molar-refractivity contribution in [3.8, 4) is 5.75 Å². The zero-order chi connectivity index (χ0) is 17.6. The van der Waals surface area contributed by atoms with E-state index in [9.17, 15) is 4.79 Å². The molecule has 1 aliphatic heterocycles. The summed E-state index contributed by atoms with van der Waals surface area (Å²) >= 11 is 0. The average molecular weight is 342 g/mol. The number of nitrogens with zero attached hydrogens (tertiary/aromatic N) is 4. The number of amides is 2. The average Bonchev–Trinajstić information content (AvgIpc) is 2.62. The number of hydrogen-bond acceptors (Lipinski definition) is 6. The van der Waals surface area contributed by atoms with Crippen LogP contribution in [-0.4, -0.2) is 61.2 Å². The monoisotopic (exact) mass is 342 g/mol. The van der Waals surface area contributed by atoms with E-state index in [1.165, 1.54) is 6.33 Å². The number of hydrogen-bond donors (Lipinski definition) is 2. The van der Waals surface area contributed by atoms with Crippen molar-refractivity contribution in [3.05, 3.63) is 36.7 Å². The molecule has 1 fully saturated rings. The van der Waals surface area contributed by atoms with Crippen molar-refractivity contribution in [2.45, 2.75) is 0 Å². The van der Waals surface area contributed by atoms with E-state index in [4.69, 9.17) is 4.74 Å². The minimum absolute atomic E-state index is 0.365. The van der Waals surface area contributed by atoms with Crippen molar-refractivity contribution >= 4 is 23.4 Å². The normalized spacial score (nSPS) is 14.9. The third-order valence-electron chi connectivity index (χ3n) is 4.05. The van der Waals surface area contributed by atoms with Crippen LogP contribution in [0.15, 0.2) is 36.7 Å². The van der Waals surface area contributed by atoms with Crippen LogP contribution in [0, 0.1) is 0 Å². The maximum absolute atomic E-state index is 12.2. The molecule has 25 heavy (non-hydrogen) atoms. The van der Waals surface area contributed by atoms with Gasteiger partial charge in [0.1, 0.15) is 23.7 Å². The fourth-order valence-corrected chi connectivity index (χ4v) is 2.60. The van der Waals surface area contributed by atoms with E-state index in [2.05, 4.69) is 37.4 Å². The molecular weight excluding hydrogens is 320 g/mol. The summed E-state index contributed by atoms with van der Waals surface area (Å²) in [6, 6.07) is 8.58. The molecule has 2 amide bonds. The lowest BCUT2D eigenvalue weighted by molar-refractivity contribution is 0.262. The number of carbonyl (C=O) groups is 1. The molecule has 8 nitrogen and oxygen atoms in total. The fraction of sp³-hybridized carbons (Fsp3) is 0.353. The van der Waals surface area contributed by atoms with E-state index in [0.717, 1.165) is 32.0 Å². The number of anilines is 3. The van der Waals surface area contributed by atoms with Crippen LogP contribution in [0.25, 0.3) is 0 Å². The number of urea groups is 1. The second-order valence-electron chi connectivity index (χ2n) is 5.86. The van der Waals surface area contributed by atoms with Gasteiger partial charge in [0.15, 0.2) is 0 Å². The van der Waals surface area contributed by atoms with Crippen molar-refractivity contribution in [1.29, 1.82) is 0 Å². The minimum Gasteiger partial charge on any atom is -0.497 e. The maximum atomic E-state index is 12.2. The molecule has 0 spiro atoms. The quantitative estimate of drug-likeness (QED) is 0.883. The van der Waals surface area contributed by atoms with Crippen molar-refractivity contribution in [2.24, 2.45) is 0 Å².